The zero-order valence-electron chi connectivity index (χ0n) is 40.2. The van der Waals surface area contributed by atoms with E-state index in [0.29, 0.717) is 0 Å². The fourth-order valence-corrected chi connectivity index (χ4v) is 10.8. The first kappa shape index (κ1) is 41.7. The van der Waals surface area contributed by atoms with E-state index in [1.54, 1.807) is 0 Å². The van der Waals surface area contributed by atoms with Crippen LogP contribution in [0.3, 0.4) is 0 Å². The number of hydrogen-bond donors (Lipinski definition) is 0. The predicted octanol–water partition coefficient (Wildman–Crippen LogP) is 15.2. The van der Waals surface area contributed by atoms with Crippen molar-refractivity contribution in [3.05, 3.63) is 205 Å². The Morgan fingerprint density at radius 2 is 0.618 bits per heavy atom. The summed E-state index contributed by atoms with van der Waals surface area (Å²) in [5.74, 6) is 2.02. The summed E-state index contributed by atoms with van der Waals surface area (Å²) in [5, 5.41) is 4.93. The number of anilines is 2. The van der Waals surface area contributed by atoms with Gasteiger partial charge in [0.05, 0.1) is 44.2 Å². The summed E-state index contributed by atoms with van der Waals surface area (Å²) >= 11 is 0. The summed E-state index contributed by atoms with van der Waals surface area (Å²) in [7, 11) is 0. The van der Waals surface area contributed by atoms with Crippen LogP contribution in [0.4, 0.5) is 11.4 Å². The van der Waals surface area contributed by atoms with Crippen molar-refractivity contribution in [2.45, 2.75) is 77.5 Å². The van der Waals surface area contributed by atoms with Crippen LogP contribution in [-0.4, -0.2) is 43.0 Å². The van der Waals surface area contributed by atoms with E-state index in [4.69, 9.17) is 9.98 Å². The second kappa shape index (κ2) is 14.9. The number of fused-ring (bicyclic) bond motifs is 6. The Kier molecular flexibility index (Phi) is 9.14. The Bertz CT molecular complexity index is 3420. The number of hydrogen-bond acceptors (Lipinski definition) is 4. The van der Waals surface area contributed by atoms with Crippen LogP contribution in [0.25, 0.3) is 66.1 Å². The predicted molar refractivity (Wildman–Crippen MR) is 288 cm³/mol. The van der Waals surface area contributed by atoms with Gasteiger partial charge in [-0.15, -0.1) is 0 Å². The van der Waals surface area contributed by atoms with Gasteiger partial charge >= 0.3 is 0 Å². The van der Waals surface area contributed by atoms with Crippen LogP contribution in [0.2, 0.25) is 0 Å². The van der Waals surface area contributed by atoms with E-state index in [9.17, 15) is 0 Å². The van der Waals surface area contributed by atoms with Gasteiger partial charge in [0.25, 0.3) is 0 Å². The van der Waals surface area contributed by atoms with Crippen LogP contribution in [0, 0.1) is 0 Å². The highest BCUT2D eigenvalue weighted by atomic mass is 15.3. The van der Waals surface area contributed by atoms with E-state index in [0.717, 1.165) is 45.5 Å². The van der Waals surface area contributed by atoms with Crippen molar-refractivity contribution in [3.8, 4) is 22.5 Å². The topological polar surface area (TPSA) is 41.1 Å². The Balaban J connectivity index is 0.907. The van der Waals surface area contributed by atoms with Gasteiger partial charge in [-0.3, -0.25) is 9.98 Å². The van der Waals surface area contributed by atoms with Crippen molar-refractivity contribution in [1.29, 1.82) is 0 Å². The van der Waals surface area contributed by atoms with Gasteiger partial charge in [-0.1, -0.05) is 109 Å². The number of rotatable bonds is 7. The molecule has 0 amide bonds. The molecular formula is C62H56N6. The van der Waals surface area contributed by atoms with Gasteiger partial charge in [-0.05, 0) is 151 Å². The van der Waals surface area contributed by atoms with Crippen LogP contribution >= 0.6 is 0 Å². The van der Waals surface area contributed by atoms with Crippen LogP contribution in [0.1, 0.15) is 66.5 Å². The molecule has 8 aromatic carbocycles. The molecule has 68 heavy (non-hydrogen) atoms. The molecule has 2 aliphatic heterocycles. The molecule has 10 aromatic rings. The smallest absolute Gasteiger partial charge is 0.136 e. The van der Waals surface area contributed by atoms with E-state index in [-0.39, 0.29) is 22.2 Å². The lowest BCUT2D eigenvalue weighted by Crippen LogP contribution is -2.53. The van der Waals surface area contributed by atoms with Gasteiger partial charge < -0.3 is 18.9 Å². The summed E-state index contributed by atoms with van der Waals surface area (Å²) in [6.45, 7) is 18.1. The highest BCUT2D eigenvalue weighted by molar-refractivity contribution is 6.15. The molecule has 2 aliphatic rings. The van der Waals surface area contributed by atoms with Gasteiger partial charge in [0.15, 0.2) is 0 Å². The van der Waals surface area contributed by atoms with E-state index < -0.39 is 0 Å². The number of amidine groups is 2. The van der Waals surface area contributed by atoms with Crippen molar-refractivity contribution < 1.29 is 0 Å². The lowest BCUT2D eigenvalue weighted by atomic mass is 9.83. The standard InChI is InChI=1S/C62H56N6/c1-59(2)61(5,6)67(57(63-59)41-19-11-9-12-20-41)47-33-29-45(30-34-47)65-53-25-17-15-23-49(53)51-39-43(27-37-55(51)65)44-28-38-56-52(40-44)50-24-16-18-26-54(50)66(56)46-31-35-48(36-32-46)68-58(42-21-13-10-14-22-42)64-60(3,4)62(68,7)8/h9-40H,1-8H3. The molecular weight excluding hydrogens is 829 g/mol. The largest absolute Gasteiger partial charge is 0.318 e. The second-order valence-corrected chi connectivity index (χ2v) is 20.7. The Morgan fingerprint density at radius 3 is 1.00 bits per heavy atom. The molecule has 334 valence electrons. The summed E-state index contributed by atoms with van der Waals surface area (Å²) in [4.78, 5) is 15.4. The molecule has 0 fully saturated rings. The average molecular weight is 885 g/mol. The third kappa shape index (κ3) is 6.16. The number of aromatic nitrogens is 2. The third-order valence-electron chi connectivity index (χ3n) is 15.8. The first-order chi connectivity index (χ1) is 32.7. The molecule has 0 saturated heterocycles. The summed E-state index contributed by atoms with van der Waals surface area (Å²) < 4.78 is 4.82. The molecule has 0 radical (unpaired) electrons. The molecule has 0 bridgehead atoms. The highest BCUT2D eigenvalue weighted by Gasteiger charge is 2.51. The number of aliphatic imine (C=N–C) groups is 2. The highest BCUT2D eigenvalue weighted by Crippen LogP contribution is 2.45. The number of benzene rings is 8. The maximum atomic E-state index is 5.30. The summed E-state index contributed by atoms with van der Waals surface area (Å²) in [5.41, 5.74) is 12.9. The van der Waals surface area contributed by atoms with E-state index >= 15 is 0 Å². The Morgan fingerprint density at radius 1 is 0.294 bits per heavy atom. The van der Waals surface area contributed by atoms with Crippen LogP contribution < -0.4 is 9.80 Å². The SMILES string of the molecule is CC1(C)N=C(c2ccccc2)N(c2ccc(-n3c4ccccc4c4cc(-c5ccc6c(c5)c5ccccc5n6-c5ccc(N6C(c7ccccc7)=NC(C)(C)C6(C)C)cc5)ccc43)cc2)C1(C)C. The fraction of sp³-hybridized carbons (Fsp3) is 0.194. The van der Waals surface area contributed by atoms with Crippen LogP contribution in [0.5, 0.6) is 0 Å². The molecule has 0 N–H and O–H groups in total. The van der Waals surface area contributed by atoms with E-state index in [1.807, 2.05) is 0 Å². The molecule has 4 heterocycles. The van der Waals surface area contributed by atoms with E-state index in [2.05, 4.69) is 268 Å². The lowest BCUT2D eigenvalue weighted by molar-refractivity contribution is 0.338. The molecule has 2 aromatic heterocycles. The van der Waals surface area contributed by atoms with Gasteiger partial charge in [-0.25, -0.2) is 0 Å². The Labute approximate surface area is 399 Å². The minimum Gasteiger partial charge on any atom is -0.318 e. The van der Waals surface area contributed by atoms with Crippen molar-refractivity contribution in [2.75, 3.05) is 9.80 Å². The molecule has 0 spiro atoms. The normalized spacial score (nSPS) is 17.1. The maximum Gasteiger partial charge on any atom is 0.136 e. The minimum absolute atomic E-state index is 0.237. The van der Waals surface area contributed by atoms with Crippen molar-refractivity contribution >= 4 is 66.7 Å². The first-order valence-electron chi connectivity index (χ1n) is 23.9. The maximum absolute atomic E-state index is 5.30. The van der Waals surface area contributed by atoms with Gasteiger partial charge in [0, 0.05) is 55.4 Å². The molecule has 0 atom stereocenters. The molecule has 0 unspecified atom stereocenters. The third-order valence-corrected chi connectivity index (χ3v) is 15.8. The first-order valence-corrected chi connectivity index (χ1v) is 23.9. The molecule has 0 saturated carbocycles. The van der Waals surface area contributed by atoms with Crippen LogP contribution in [0.15, 0.2) is 204 Å². The molecule has 0 aliphatic carbocycles. The quantitative estimate of drug-likeness (QED) is 0.160. The molecule has 6 nitrogen and oxygen atoms in total. The fourth-order valence-electron chi connectivity index (χ4n) is 10.8. The lowest BCUT2D eigenvalue weighted by Gasteiger charge is -2.41. The molecule has 12 rings (SSSR count). The van der Waals surface area contributed by atoms with Crippen LogP contribution in [-0.2, 0) is 0 Å². The monoisotopic (exact) mass is 884 g/mol. The second-order valence-electron chi connectivity index (χ2n) is 20.7. The van der Waals surface area contributed by atoms with Crippen molar-refractivity contribution in [2.24, 2.45) is 9.98 Å². The number of para-hydroxylation sites is 2. The average Bonchev–Trinajstić information content (AvgIpc) is 3.98. The van der Waals surface area contributed by atoms with Gasteiger partial charge in [0.1, 0.15) is 11.7 Å². The zero-order valence-corrected chi connectivity index (χ0v) is 40.2. The van der Waals surface area contributed by atoms with Crippen molar-refractivity contribution in [1.82, 2.24) is 9.13 Å². The Hall–Kier alpha value is -7.70. The van der Waals surface area contributed by atoms with Gasteiger partial charge in [-0.2, -0.15) is 0 Å². The zero-order chi connectivity index (χ0) is 46.7. The minimum atomic E-state index is -0.275. The van der Waals surface area contributed by atoms with E-state index in [1.165, 1.54) is 54.7 Å². The summed E-state index contributed by atoms with van der Waals surface area (Å²) in [6.07, 6.45) is 0. The summed E-state index contributed by atoms with van der Waals surface area (Å²) in [6, 6.07) is 70.8. The van der Waals surface area contributed by atoms with Gasteiger partial charge in [0.2, 0.25) is 0 Å². The van der Waals surface area contributed by atoms with Crippen molar-refractivity contribution in [3.63, 3.8) is 0 Å². The number of nitrogens with zero attached hydrogens (tertiary/aromatic N) is 6. The molecule has 6 heteroatoms.